The Hall–Kier alpha value is -3.94. The lowest BCUT2D eigenvalue weighted by Crippen LogP contribution is -2.42. The third kappa shape index (κ3) is 3.47. The summed E-state index contributed by atoms with van der Waals surface area (Å²) >= 11 is 0. The molecule has 0 radical (unpaired) electrons. The van der Waals surface area contributed by atoms with Crippen molar-refractivity contribution >= 4 is 16.8 Å². The Bertz CT molecular complexity index is 1310. The number of nitrogens with zero attached hydrogens (tertiary/aromatic N) is 2. The minimum absolute atomic E-state index is 0.158. The van der Waals surface area contributed by atoms with E-state index in [1.807, 2.05) is 0 Å². The van der Waals surface area contributed by atoms with Crippen molar-refractivity contribution in [1.29, 1.82) is 0 Å². The molecule has 0 aliphatic heterocycles. The van der Waals surface area contributed by atoms with E-state index in [9.17, 15) is 18.8 Å². The standard InChI is InChI=1S/C21H16FN3O4/c22-16-8-2-4-10-18(16)25-20(27)15-7-1-3-9-17(15)24(21(25)28)13-19(26)23-12-14-6-5-11-29-14/h1-11H,12-13H2,(H,23,26). The molecule has 1 N–H and O–H groups in total. The number of carbonyl (C=O) groups is 1. The predicted molar refractivity (Wildman–Crippen MR) is 104 cm³/mol. The Morgan fingerprint density at radius 3 is 2.52 bits per heavy atom. The van der Waals surface area contributed by atoms with Gasteiger partial charge in [-0.2, -0.15) is 0 Å². The Morgan fingerprint density at radius 1 is 1.00 bits per heavy atom. The Labute approximate surface area is 163 Å². The van der Waals surface area contributed by atoms with Gasteiger partial charge in [0.1, 0.15) is 18.1 Å². The molecule has 7 nitrogen and oxygen atoms in total. The number of benzene rings is 2. The number of furan rings is 1. The molecule has 2 aromatic carbocycles. The fourth-order valence-corrected chi connectivity index (χ4v) is 3.12. The highest BCUT2D eigenvalue weighted by Crippen LogP contribution is 2.12. The summed E-state index contributed by atoms with van der Waals surface area (Å²) in [6, 6.07) is 15.3. The summed E-state index contributed by atoms with van der Waals surface area (Å²) in [5, 5.41) is 2.86. The number of hydrogen-bond donors (Lipinski definition) is 1. The van der Waals surface area contributed by atoms with Crippen LogP contribution in [0.3, 0.4) is 0 Å². The average Bonchev–Trinajstić information content (AvgIpc) is 3.25. The lowest BCUT2D eigenvalue weighted by molar-refractivity contribution is -0.121. The van der Waals surface area contributed by atoms with Crippen molar-refractivity contribution in [1.82, 2.24) is 14.5 Å². The molecule has 0 aliphatic rings. The maximum Gasteiger partial charge on any atom is 0.336 e. The number of amides is 1. The van der Waals surface area contributed by atoms with Crippen LogP contribution in [-0.2, 0) is 17.9 Å². The molecule has 1 amide bonds. The summed E-state index contributed by atoms with van der Waals surface area (Å²) in [5.41, 5.74) is -1.32. The van der Waals surface area contributed by atoms with E-state index >= 15 is 0 Å². The normalized spacial score (nSPS) is 10.9. The number of para-hydroxylation sites is 2. The first-order valence-corrected chi connectivity index (χ1v) is 8.85. The van der Waals surface area contributed by atoms with E-state index in [-0.39, 0.29) is 24.2 Å². The van der Waals surface area contributed by atoms with Gasteiger partial charge >= 0.3 is 5.69 Å². The van der Waals surface area contributed by atoms with Crippen molar-refractivity contribution in [3.63, 3.8) is 0 Å². The van der Waals surface area contributed by atoms with Gasteiger partial charge in [0.15, 0.2) is 0 Å². The maximum absolute atomic E-state index is 14.3. The molecule has 4 rings (SSSR count). The molecule has 0 bridgehead atoms. The zero-order valence-electron chi connectivity index (χ0n) is 15.2. The molecule has 0 atom stereocenters. The van der Waals surface area contributed by atoms with Crippen molar-refractivity contribution in [2.24, 2.45) is 0 Å². The fourth-order valence-electron chi connectivity index (χ4n) is 3.12. The van der Waals surface area contributed by atoms with Crippen molar-refractivity contribution in [2.45, 2.75) is 13.1 Å². The van der Waals surface area contributed by atoms with Gasteiger partial charge in [0.05, 0.1) is 29.4 Å². The molecule has 0 aliphatic carbocycles. The van der Waals surface area contributed by atoms with Crippen LogP contribution in [0.1, 0.15) is 5.76 Å². The summed E-state index contributed by atoms with van der Waals surface area (Å²) in [6.45, 7) is -0.180. The van der Waals surface area contributed by atoms with E-state index in [0.717, 1.165) is 15.2 Å². The summed E-state index contributed by atoms with van der Waals surface area (Å²) in [5.74, 6) is -0.602. The van der Waals surface area contributed by atoms with Gasteiger partial charge in [0, 0.05) is 0 Å². The van der Waals surface area contributed by atoms with E-state index < -0.39 is 23.0 Å². The van der Waals surface area contributed by atoms with Crippen molar-refractivity contribution in [2.75, 3.05) is 0 Å². The first-order chi connectivity index (χ1) is 14.1. The Balaban J connectivity index is 1.81. The summed E-state index contributed by atoms with van der Waals surface area (Å²) in [7, 11) is 0. The van der Waals surface area contributed by atoms with Crippen molar-refractivity contribution < 1.29 is 13.6 Å². The van der Waals surface area contributed by atoms with Crippen LogP contribution in [0, 0.1) is 5.82 Å². The molecule has 146 valence electrons. The third-order valence-electron chi connectivity index (χ3n) is 4.49. The van der Waals surface area contributed by atoms with Crippen molar-refractivity contribution in [3.8, 4) is 5.69 Å². The van der Waals surface area contributed by atoms with Gasteiger partial charge < -0.3 is 9.73 Å². The van der Waals surface area contributed by atoms with E-state index in [0.29, 0.717) is 11.3 Å². The zero-order chi connectivity index (χ0) is 20.4. The molecule has 29 heavy (non-hydrogen) atoms. The second-order valence-electron chi connectivity index (χ2n) is 6.33. The van der Waals surface area contributed by atoms with Crippen LogP contribution in [0.4, 0.5) is 4.39 Å². The van der Waals surface area contributed by atoms with E-state index in [2.05, 4.69) is 5.32 Å². The Morgan fingerprint density at radius 2 is 1.76 bits per heavy atom. The maximum atomic E-state index is 14.3. The molecule has 0 saturated heterocycles. The second kappa shape index (κ2) is 7.59. The highest BCUT2D eigenvalue weighted by molar-refractivity contribution is 5.81. The predicted octanol–water partition coefficient (Wildman–Crippen LogP) is 2.20. The second-order valence-corrected chi connectivity index (χ2v) is 6.33. The summed E-state index contributed by atoms with van der Waals surface area (Å²) in [4.78, 5) is 38.4. The van der Waals surface area contributed by atoms with Gasteiger partial charge in [-0.1, -0.05) is 24.3 Å². The molecule has 0 spiro atoms. The number of hydrogen-bond acceptors (Lipinski definition) is 4. The minimum Gasteiger partial charge on any atom is -0.467 e. The smallest absolute Gasteiger partial charge is 0.336 e. The SMILES string of the molecule is O=C(Cn1c(=O)n(-c2ccccc2F)c(=O)c2ccccc21)NCc1ccco1. The number of aromatic nitrogens is 2. The van der Waals surface area contributed by atoms with Crippen LogP contribution in [0.5, 0.6) is 0 Å². The highest BCUT2D eigenvalue weighted by atomic mass is 19.1. The average molecular weight is 393 g/mol. The van der Waals surface area contributed by atoms with Gasteiger partial charge in [-0.25, -0.2) is 13.8 Å². The topological polar surface area (TPSA) is 86.2 Å². The molecular weight excluding hydrogens is 377 g/mol. The van der Waals surface area contributed by atoms with Crippen LogP contribution >= 0.6 is 0 Å². The highest BCUT2D eigenvalue weighted by Gasteiger charge is 2.18. The number of carbonyl (C=O) groups excluding carboxylic acids is 1. The zero-order valence-corrected chi connectivity index (χ0v) is 15.2. The van der Waals surface area contributed by atoms with E-state index in [1.54, 1.807) is 30.3 Å². The first kappa shape index (κ1) is 18.4. The number of halogens is 1. The van der Waals surface area contributed by atoms with Crippen LogP contribution in [0.2, 0.25) is 0 Å². The van der Waals surface area contributed by atoms with E-state index in [1.165, 1.54) is 30.5 Å². The van der Waals surface area contributed by atoms with E-state index in [4.69, 9.17) is 4.42 Å². The van der Waals surface area contributed by atoms with Gasteiger partial charge in [-0.15, -0.1) is 0 Å². The minimum atomic E-state index is -0.799. The fraction of sp³-hybridized carbons (Fsp3) is 0.0952. The van der Waals surface area contributed by atoms with Gasteiger partial charge in [0.25, 0.3) is 5.56 Å². The summed E-state index contributed by atoms with van der Waals surface area (Å²) < 4.78 is 21.4. The molecule has 0 saturated carbocycles. The summed E-state index contributed by atoms with van der Waals surface area (Å²) in [6.07, 6.45) is 1.49. The molecule has 8 heteroatoms. The quantitative estimate of drug-likeness (QED) is 0.563. The van der Waals surface area contributed by atoms with Crippen LogP contribution < -0.4 is 16.6 Å². The number of nitrogens with one attached hydrogen (secondary N) is 1. The monoisotopic (exact) mass is 393 g/mol. The molecular formula is C21H16FN3O4. The van der Waals surface area contributed by atoms with Crippen LogP contribution in [-0.4, -0.2) is 15.0 Å². The van der Waals surface area contributed by atoms with Crippen LogP contribution in [0.25, 0.3) is 16.6 Å². The van der Waals surface area contributed by atoms with Gasteiger partial charge in [-0.05, 0) is 36.4 Å². The molecule has 0 fully saturated rings. The molecule has 0 unspecified atom stereocenters. The third-order valence-corrected chi connectivity index (χ3v) is 4.49. The first-order valence-electron chi connectivity index (χ1n) is 8.85. The molecule has 4 aromatic rings. The van der Waals surface area contributed by atoms with Crippen LogP contribution in [0.15, 0.2) is 80.9 Å². The lowest BCUT2D eigenvalue weighted by Gasteiger charge is -2.14. The lowest BCUT2D eigenvalue weighted by atomic mass is 10.2. The Kier molecular flexibility index (Phi) is 4.82. The number of fused-ring (bicyclic) bond motifs is 1. The van der Waals surface area contributed by atoms with Crippen molar-refractivity contribution in [3.05, 3.63) is 99.3 Å². The number of rotatable bonds is 5. The molecule has 2 heterocycles. The largest absolute Gasteiger partial charge is 0.467 e. The van der Waals surface area contributed by atoms with Gasteiger partial charge in [-0.3, -0.25) is 14.2 Å². The molecule has 2 aromatic heterocycles. The van der Waals surface area contributed by atoms with Gasteiger partial charge in [0.2, 0.25) is 5.91 Å².